The van der Waals surface area contributed by atoms with Crippen LogP contribution in [0.2, 0.25) is 0 Å². The van der Waals surface area contributed by atoms with Gasteiger partial charge in [0.2, 0.25) is 0 Å². The average molecular weight is 654 g/mol. The highest BCUT2D eigenvalue weighted by Gasteiger charge is 2.40. The molecule has 1 amide bonds. The average Bonchev–Trinajstić information content (AvgIpc) is 3.00. The van der Waals surface area contributed by atoms with Crippen LogP contribution in [0, 0.1) is 5.92 Å². The lowest BCUT2D eigenvalue weighted by molar-refractivity contribution is -0.125. The molecule has 0 aromatic rings. The second-order valence-corrected chi connectivity index (χ2v) is 11.9. The van der Waals surface area contributed by atoms with Crippen molar-refractivity contribution in [1.29, 1.82) is 0 Å². The van der Waals surface area contributed by atoms with E-state index in [1.165, 1.54) is 0 Å². The molecule has 0 saturated carbocycles. The molecule has 0 atom stereocenters. The van der Waals surface area contributed by atoms with E-state index in [1.54, 1.807) is 12.0 Å². The molecular formula is C32H63NO12. The third-order valence-corrected chi connectivity index (χ3v) is 6.97. The van der Waals surface area contributed by atoms with E-state index in [4.69, 9.17) is 52.1 Å². The molecule has 0 N–H and O–H groups in total. The maximum atomic E-state index is 12.4. The van der Waals surface area contributed by atoms with Crippen LogP contribution < -0.4 is 0 Å². The highest BCUT2D eigenvalue weighted by atomic mass is 16.6. The van der Waals surface area contributed by atoms with E-state index in [9.17, 15) is 4.79 Å². The van der Waals surface area contributed by atoms with Crippen molar-refractivity contribution in [3.05, 3.63) is 0 Å². The van der Waals surface area contributed by atoms with Gasteiger partial charge in [0.15, 0.2) is 0 Å². The van der Waals surface area contributed by atoms with Gasteiger partial charge >= 0.3 is 6.09 Å². The third kappa shape index (κ3) is 22.9. The van der Waals surface area contributed by atoms with Gasteiger partial charge in [-0.05, 0) is 39.5 Å². The number of rotatable bonds is 29. The minimum Gasteiger partial charge on any atom is -0.444 e. The first-order chi connectivity index (χ1) is 21.7. The van der Waals surface area contributed by atoms with Crippen LogP contribution in [0.15, 0.2) is 0 Å². The number of hydrogen-bond acceptors (Lipinski definition) is 12. The van der Waals surface area contributed by atoms with E-state index >= 15 is 0 Å². The van der Waals surface area contributed by atoms with Crippen LogP contribution in [0.3, 0.4) is 0 Å². The number of nitrogens with zero attached hydrogens (tertiary/aromatic N) is 1. The molecule has 1 saturated heterocycles. The lowest BCUT2D eigenvalue weighted by Crippen LogP contribution is -2.52. The maximum absolute atomic E-state index is 12.4. The monoisotopic (exact) mass is 653 g/mol. The van der Waals surface area contributed by atoms with Gasteiger partial charge in [-0.25, -0.2) is 4.79 Å². The Balaban J connectivity index is 1.84. The van der Waals surface area contributed by atoms with Crippen LogP contribution in [0.1, 0.15) is 47.5 Å². The molecule has 0 aromatic carbocycles. The third-order valence-electron chi connectivity index (χ3n) is 6.97. The maximum Gasteiger partial charge on any atom is 0.410 e. The molecule has 268 valence electrons. The van der Waals surface area contributed by atoms with Crippen molar-refractivity contribution < 1.29 is 56.9 Å². The predicted molar refractivity (Wildman–Crippen MR) is 169 cm³/mol. The first-order valence-electron chi connectivity index (χ1n) is 16.4. The molecule has 1 aliphatic rings. The highest BCUT2D eigenvalue weighted by Crippen LogP contribution is 2.34. The van der Waals surface area contributed by atoms with Gasteiger partial charge < -0.3 is 57.0 Å². The van der Waals surface area contributed by atoms with E-state index in [0.717, 1.165) is 12.8 Å². The van der Waals surface area contributed by atoms with E-state index in [0.29, 0.717) is 138 Å². The Hall–Kier alpha value is -1.13. The molecule has 0 radical (unpaired) electrons. The molecule has 0 unspecified atom stereocenters. The summed E-state index contributed by atoms with van der Waals surface area (Å²) in [6.07, 6.45) is 1.31. The van der Waals surface area contributed by atoms with Gasteiger partial charge in [-0.3, -0.25) is 0 Å². The van der Waals surface area contributed by atoms with Gasteiger partial charge in [-0.1, -0.05) is 13.8 Å². The molecule has 0 aromatic heterocycles. The van der Waals surface area contributed by atoms with Crippen LogP contribution in [-0.4, -0.2) is 161 Å². The summed E-state index contributed by atoms with van der Waals surface area (Å²) in [7, 11) is 1.65. The Bertz CT molecular complexity index is 684. The van der Waals surface area contributed by atoms with Gasteiger partial charge in [-0.2, -0.15) is 0 Å². The molecule has 1 heterocycles. The smallest absolute Gasteiger partial charge is 0.410 e. The van der Waals surface area contributed by atoms with Crippen LogP contribution in [0.5, 0.6) is 0 Å². The molecule has 0 bridgehead atoms. The molecule has 0 aliphatic carbocycles. The zero-order chi connectivity index (χ0) is 33.1. The van der Waals surface area contributed by atoms with E-state index in [-0.39, 0.29) is 11.7 Å². The number of likely N-dealkylation sites (tertiary alicyclic amines) is 1. The molecule has 13 nitrogen and oxygen atoms in total. The Labute approximate surface area is 271 Å². The van der Waals surface area contributed by atoms with Gasteiger partial charge in [0, 0.05) is 20.2 Å². The number of ether oxygens (including phenoxy) is 11. The summed E-state index contributed by atoms with van der Waals surface area (Å²) in [5, 5.41) is 0. The fourth-order valence-corrected chi connectivity index (χ4v) is 4.37. The standard InChI is InChI=1S/C32H63NO12/c1-29(2)32(7-9-33(10-8-32)30(34)45-31(3,4)5)44-28-27-43-26-25-42-24-23-41-22-21-40-20-19-39-18-17-38-16-15-37-14-13-36-12-11-35-6/h29H,7-28H2,1-6H3. The zero-order valence-electron chi connectivity index (χ0n) is 29.0. The molecule has 1 aliphatic heterocycles. The van der Waals surface area contributed by atoms with Crippen LogP contribution in [-0.2, 0) is 52.1 Å². The van der Waals surface area contributed by atoms with Crippen molar-refractivity contribution in [3.8, 4) is 0 Å². The number of carbonyl (C=O) groups is 1. The fourth-order valence-electron chi connectivity index (χ4n) is 4.37. The minimum atomic E-state index is -0.491. The normalized spacial score (nSPS) is 15.2. The molecule has 45 heavy (non-hydrogen) atoms. The summed E-state index contributed by atoms with van der Waals surface area (Å²) in [6.45, 7) is 20.7. The summed E-state index contributed by atoms with van der Waals surface area (Å²) in [5.41, 5.74) is -0.742. The largest absolute Gasteiger partial charge is 0.444 e. The number of carbonyl (C=O) groups excluding carboxylic acids is 1. The highest BCUT2D eigenvalue weighted by molar-refractivity contribution is 5.68. The first kappa shape index (κ1) is 41.9. The van der Waals surface area contributed by atoms with Gasteiger partial charge in [-0.15, -0.1) is 0 Å². The van der Waals surface area contributed by atoms with Crippen LogP contribution in [0.25, 0.3) is 0 Å². The van der Waals surface area contributed by atoms with Gasteiger partial charge in [0.25, 0.3) is 0 Å². The molecule has 1 fully saturated rings. The summed E-state index contributed by atoms with van der Waals surface area (Å²) in [4.78, 5) is 14.2. The van der Waals surface area contributed by atoms with Crippen molar-refractivity contribution in [2.75, 3.05) is 139 Å². The Morgan fingerprint density at radius 2 is 0.889 bits per heavy atom. The topological polar surface area (TPSA) is 122 Å². The van der Waals surface area contributed by atoms with Crippen molar-refractivity contribution in [1.82, 2.24) is 4.90 Å². The number of piperidine rings is 1. The lowest BCUT2D eigenvalue weighted by Gasteiger charge is -2.44. The predicted octanol–water partition coefficient (Wildman–Crippen LogP) is 3.21. The lowest BCUT2D eigenvalue weighted by atomic mass is 9.81. The summed E-state index contributed by atoms with van der Waals surface area (Å²) in [6, 6.07) is 0. The van der Waals surface area contributed by atoms with E-state index in [1.807, 2.05) is 20.8 Å². The van der Waals surface area contributed by atoms with E-state index in [2.05, 4.69) is 13.8 Å². The zero-order valence-corrected chi connectivity index (χ0v) is 29.0. The van der Waals surface area contributed by atoms with Crippen molar-refractivity contribution >= 4 is 6.09 Å². The van der Waals surface area contributed by atoms with Crippen molar-refractivity contribution in [2.45, 2.75) is 58.7 Å². The van der Waals surface area contributed by atoms with Crippen molar-refractivity contribution in [3.63, 3.8) is 0 Å². The van der Waals surface area contributed by atoms with Gasteiger partial charge in [0.05, 0.1) is 125 Å². The quantitative estimate of drug-likeness (QED) is 0.110. The molecular weight excluding hydrogens is 590 g/mol. The summed E-state index contributed by atoms with van der Waals surface area (Å²) < 4.78 is 60.6. The van der Waals surface area contributed by atoms with Gasteiger partial charge in [0.1, 0.15) is 5.60 Å². The minimum absolute atomic E-state index is 0.252. The number of hydrogen-bond donors (Lipinski definition) is 0. The molecule has 1 rings (SSSR count). The Kier molecular flexibility index (Phi) is 25.0. The Morgan fingerprint density at radius 3 is 1.18 bits per heavy atom. The molecule has 13 heteroatoms. The van der Waals surface area contributed by atoms with Crippen LogP contribution >= 0.6 is 0 Å². The molecule has 0 spiro atoms. The van der Waals surface area contributed by atoms with Crippen molar-refractivity contribution in [2.24, 2.45) is 5.92 Å². The van der Waals surface area contributed by atoms with E-state index < -0.39 is 5.60 Å². The summed E-state index contributed by atoms with van der Waals surface area (Å²) in [5.74, 6) is 0.338. The second kappa shape index (κ2) is 26.9. The second-order valence-electron chi connectivity index (χ2n) is 11.9. The summed E-state index contributed by atoms with van der Waals surface area (Å²) >= 11 is 0. The number of methoxy groups -OCH3 is 1. The van der Waals surface area contributed by atoms with Crippen LogP contribution in [0.4, 0.5) is 4.79 Å². The first-order valence-corrected chi connectivity index (χ1v) is 16.4. The number of amides is 1. The Morgan fingerprint density at radius 1 is 0.578 bits per heavy atom. The fraction of sp³-hybridized carbons (Fsp3) is 0.969. The SMILES string of the molecule is COCCOCCOCCOCCOCCOCCOCCOCCOCCOC1(C(C)C)CCN(C(=O)OC(C)(C)C)CC1.